The van der Waals surface area contributed by atoms with Gasteiger partial charge in [0.2, 0.25) is 0 Å². The largest absolute Gasteiger partial charge is 0.416 e. The molecule has 0 saturated carbocycles. The minimum Gasteiger partial charge on any atom is -0.295 e. The molecule has 2 heterocycles. The number of hydrogen-bond donors (Lipinski definition) is 1. The number of nitrogens with one attached hydrogen (secondary N) is 1. The number of nitrogens with zero attached hydrogens (tertiary/aromatic N) is 2. The summed E-state index contributed by atoms with van der Waals surface area (Å²) < 4.78 is 39.2. The Morgan fingerprint density at radius 2 is 1.71 bits per heavy atom. The van der Waals surface area contributed by atoms with Crippen LogP contribution in [0.2, 0.25) is 0 Å². The van der Waals surface area contributed by atoms with Crippen molar-refractivity contribution in [2.24, 2.45) is 0 Å². The topological polar surface area (TPSA) is 50.7 Å². The van der Waals surface area contributed by atoms with E-state index in [1.54, 1.807) is 12.4 Å². The van der Waals surface area contributed by atoms with Gasteiger partial charge in [-0.2, -0.15) is 13.2 Å². The monoisotopic (exact) mass is 333 g/mol. The number of aryl methyl sites for hydroxylation is 2. The lowest BCUT2D eigenvalue weighted by molar-refractivity contribution is -0.137. The van der Waals surface area contributed by atoms with Crippen LogP contribution < -0.4 is 5.56 Å². The maximum Gasteiger partial charge on any atom is 0.416 e. The molecule has 0 aliphatic carbocycles. The molecule has 0 bridgehead atoms. The molecule has 124 valence electrons. The highest BCUT2D eigenvalue weighted by molar-refractivity contribution is 5.59. The molecule has 0 spiro atoms. The molecule has 3 rings (SSSR count). The van der Waals surface area contributed by atoms with Crippen LogP contribution in [0.3, 0.4) is 0 Å². The second-order valence-corrected chi connectivity index (χ2v) is 5.34. The molecule has 2 aromatic heterocycles. The van der Waals surface area contributed by atoms with Gasteiger partial charge in [-0.15, -0.1) is 0 Å². The molecule has 0 aliphatic heterocycles. The van der Waals surface area contributed by atoms with Crippen molar-refractivity contribution in [2.45, 2.75) is 19.1 Å². The average Bonchev–Trinajstić information content (AvgIpc) is 2.94. The van der Waals surface area contributed by atoms with E-state index in [0.29, 0.717) is 24.2 Å². The number of aromatic nitrogens is 3. The maximum atomic E-state index is 12.6. The Labute approximate surface area is 135 Å². The van der Waals surface area contributed by atoms with E-state index in [-0.39, 0.29) is 5.56 Å². The predicted molar refractivity (Wildman–Crippen MR) is 83.4 cm³/mol. The summed E-state index contributed by atoms with van der Waals surface area (Å²) in [6.07, 6.45) is -0.362. The zero-order valence-corrected chi connectivity index (χ0v) is 12.5. The zero-order valence-electron chi connectivity index (χ0n) is 12.5. The third-order valence-corrected chi connectivity index (χ3v) is 3.69. The molecule has 0 amide bonds. The minimum atomic E-state index is -4.37. The SMILES string of the molecule is O=c1cc(-c2ccc(C(F)(F)F)cc2)[nH]n1CCc1ccncc1. The van der Waals surface area contributed by atoms with Crippen LogP contribution in [0.4, 0.5) is 13.2 Å². The first-order valence-electron chi connectivity index (χ1n) is 7.30. The van der Waals surface area contributed by atoms with Gasteiger partial charge >= 0.3 is 6.18 Å². The van der Waals surface area contributed by atoms with Gasteiger partial charge in [0.05, 0.1) is 11.3 Å². The van der Waals surface area contributed by atoms with E-state index in [1.165, 1.54) is 22.9 Å². The number of benzene rings is 1. The summed E-state index contributed by atoms with van der Waals surface area (Å²) in [6, 6.07) is 9.82. The van der Waals surface area contributed by atoms with Gasteiger partial charge in [0.25, 0.3) is 5.56 Å². The van der Waals surface area contributed by atoms with Gasteiger partial charge in [0, 0.05) is 25.0 Å². The Morgan fingerprint density at radius 3 is 2.33 bits per heavy atom. The highest BCUT2D eigenvalue weighted by Crippen LogP contribution is 2.30. The Hall–Kier alpha value is -2.83. The molecular weight excluding hydrogens is 319 g/mol. The van der Waals surface area contributed by atoms with E-state index in [4.69, 9.17) is 0 Å². The fraction of sp³-hybridized carbons (Fsp3) is 0.176. The van der Waals surface area contributed by atoms with E-state index in [2.05, 4.69) is 10.1 Å². The van der Waals surface area contributed by atoms with Crippen LogP contribution in [0.1, 0.15) is 11.1 Å². The van der Waals surface area contributed by atoms with Gasteiger partial charge in [0.1, 0.15) is 0 Å². The van der Waals surface area contributed by atoms with Crippen molar-refractivity contribution >= 4 is 0 Å². The minimum absolute atomic E-state index is 0.223. The van der Waals surface area contributed by atoms with E-state index < -0.39 is 11.7 Å². The summed E-state index contributed by atoms with van der Waals surface area (Å²) in [5, 5.41) is 2.93. The fourth-order valence-corrected chi connectivity index (χ4v) is 2.38. The second kappa shape index (κ2) is 6.35. The van der Waals surface area contributed by atoms with Gasteiger partial charge < -0.3 is 0 Å². The number of rotatable bonds is 4. The van der Waals surface area contributed by atoms with Crippen LogP contribution in [0.5, 0.6) is 0 Å². The Balaban J connectivity index is 1.77. The lowest BCUT2D eigenvalue weighted by Gasteiger charge is -2.07. The van der Waals surface area contributed by atoms with Crippen LogP contribution >= 0.6 is 0 Å². The van der Waals surface area contributed by atoms with E-state index in [1.807, 2.05) is 12.1 Å². The molecule has 4 nitrogen and oxygen atoms in total. The van der Waals surface area contributed by atoms with Crippen LogP contribution in [0.15, 0.2) is 59.7 Å². The molecule has 0 unspecified atom stereocenters. The summed E-state index contributed by atoms with van der Waals surface area (Å²) in [4.78, 5) is 15.9. The molecule has 1 N–H and O–H groups in total. The van der Waals surface area contributed by atoms with Crippen molar-refractivity contribution in [3.63, 3.8) is 0 Å². The van der Waals surface area contributed by atoms with Gasteiger partial charge in [-0.05, 0) is 41.8 Å². The number of aromatic amines is 1. The molecule has 0 saturated heterocycles. The molecule has 3 aromatic rings. The van der Waals surface area contributed by atoms with Crippen molar-refractivity contribution in [1.29, 1.82) is 0 Å². The van der Waals surface area contributed by atoms with Crippen LogP contribution in [-0.2, 0) is 19.1 Å². The van der Waals surface area contributed by atoms with Crippen LogP contribution in [0, 0.1) is 0 Å². The Morgan fingerprint density at radius 1 is 1.04 bits per heavy atom. The van der Waals surface area contributed by atoms with Gasteiger partial charge in [0.15, 0.2) is 0 Å². The molecule has 0 radical (unpaired) electrons. The van der Waals surface area contributed by atoms with E-state index in [0.717, 1.165) is 17.7 Å². The Bertz CT molecular complexity index is 865. The van der Waals surface area contributed by atoms with Crippen LogP contribution in [-0.4, -0.2) is 14.8 Å². The lowest BCUT2D eigenvalue weighted by Crippen LogP contribution is -2.17. The normalized spacial score (nSPS) is 11.6. The number of halogens is 3. The second-order valence-electron chi connectivity index (χ2n) is 5.34. The van der Waals surface area contributed by atoms with Crippen molar-refractivity contribution in [3.8, 4) is 11.3 Å². The van der Waals surface area contributed by atoms with Crippen molar-refractivity contribution in [1.82, 2.24) is 14.8 Å². The number of hydrogen-bond acceptors (Lipinski definition) is 2. The smallest absolute Gasteiger partial charge is 0.295 e. The third-order valence-electron chi connectivity index (χ3n) is 3.69. The van der Waals surface area contributed by atoms with Gasteiger partial charge in [-0.3, -0.25) is 19.6 Å². The molecule has 1 aromatic carbocycles. The number of H-pyrrole nitrogens is 1. The van der Waals surface area contributed by atoms with E-state index in [9.17, 15) is 18.0 Å². The first-order chi connectivity index (χ1) is 11.4. The van der Waals surface area contributed by atoms with Gasteiger partial charge in [-0.1, -0.05) is 12.1 Å². The average molecular weight is 333 g/mol. The first kappa shape index (κ1) is 16.0. The Kier molecular flexibility index (Phi) is 4.24. The zero-order chi connectivity index (χ0) is 17.2. The summed E-state index contributed by atoms with van der Waals surface area (Å²) >= 11 is 0. The molecule has 7 heteroatoms. The summed E-state index contributed by atoms with van der Waals surface area (Å²) in [7, 11) is 0. The summed E-state index contributed by atoms with van der Waals surface area (Å²) in [5.41, 5.74) is 1.12. The molecule has 24 heavy (non-hydrogen) atoms. The molecule has 0 fully saturated rings. The highest BCUT2D eigenvalue weighted by Gasteiger charge is 2.30. The predicted octanol–water partition coefficient (Wildman–Crippen LogP) is 3.50. The number of alkyl halides is 3. The van der Waals surface area contributed by atoms with Gasteiger partial charge in [-0.25, -0.2) is 0 Å². The summed E-state index contributed by atoms with van der Waals surface area (Å²) in [5.74, 6) is 0. The molecule has 0 atom stereocenters. The van der Waals surface area contributed by atoms with Crippen molar-refractivity contribution in [3.05, 3.63) is 76.3 Å². The van der Waals surface area contributed by atoms with Crippen molar-refractivity contribution < 1.29 is 13.2 Å². The maximum absolute atomic E-state index is 12.6. The van der Waals surface area contributed by atoms with E-state index >= 15 is 0 Å². The van der Waals surface area contributed by atoms with Crippen molar-refractivity contribution in [2.75, 3.05) is 0 Å². The molecular formula is C17H14F3N3O. The highest BCUT2D eigenvalue weighted by atomic mass is 19.4. The quantitative estimate of drug-likeness (QED) is 0.794. The third kappa shape index (κ3) is 3.56. The standard InChI is InChI=1S/C17H14F3N3O/c18-17(19,20)14-3-1-13(2-4-14)15-11-16(24)23(22-15)10-7-12-5-8-21-9-6-12/h1-6,8-9,11,22H,7,10H2. The number of pyridine rings is 1. The summed E-state index contributed by atoms with van der Waals surface area (Å²) in [6.45, 7) is 0.448. The first-order valence-corrected chi connectivity index (χ1v) is 7.30. The lowest BCUT2D eigenvalue weighted by atomic mass is 10.1. The molecule has 0 aliphatic rings. The van der Waals surface area contributed by atoms with Crippen LogP contribution in [0.25, 0.3) is 11.3 Å². The fourth-order valence-electron chi connectivity index (χ4n) is 2.38.